The Bertz CT molecular complexity index is 740. The quantitative estimate of drug-likeness (QED) is 0.623. The Morgan fingerprint density at radius 2 is 1.77 bits per heavy atom. The molecule has 0 aromatic heterocycles. The lowest BCUT2D eigenvalue weighted by Gasteiger charge is -2.24. The van der Waals surface area contributed by atoms with Gasteiger partial charge in [0.1, 0.15) is 18.0 Å². The molecule has 4 nitrogen and oxygen atoms in total. The third-order valence-corrected chi connectivity index (χ3v) is 4.51. The number of alkyl carbamates (subject to hydrolysis) is 1. The minimum Gasteiger partial charge on any atom is -0.489 e. The van der Waals surface area contributed by atoms with Crippen molar-refractivity contribution in [3.63, 3.8) is 0 Å². The molecule has 0 heterocycles. The van der Waals surface area contributed by atoms with Gasteiger partial charge in [-0.05, 0) is 39.3 Å². The van der Waals surface area contributed by atoms with Crippen LogP contribution in [0.25, 0.3) is 0 Å². The van der Waals surface area contributed by atoms with E-state index < -0.39 is 11.7 Å². The molecule has 0 saturated heterocycles. The summed E-state index contributed by atoms with van der Waals surface area (Å²) in [5, 5.41) is 2.94. The van der Waals surface area contributed by atoms with Gasteiger partial charge in [-0.15, -0.1) is 0 Å². The van der Waals surface area contributed by atoms with Crippen LogP contribution in [0.4, 0.5) is 4.79 Å². The number of para-hydroxylation sites is 1. The number of rotatable bonds is 6. The molecule has 0 fully saturated rings. The van der Waals surface area contributed by atoms with E-state index in [9.17, 15) is 4.79 Å². The summed E-state index contributed by atoms with van der Waals surface area (Å²) in [4.78, 5) is 12.2. The Balaban J connectivity index is 2.13. The number of carbonyl (C=O) groups is 1. The predicted octanol–water partition coefficient (Wildman–Crippen LogP) is 6.00. The highest BCUT2D eigenvalue weighted by Gasteiger charge is 2.21. The first-order valence-corrected chi connectivity index (χ1v) is 9.54. The molecule has 140 valence electrons. The van der Waals surface area contributed by atoms with Crippen molar-refractivity contribution < 1.29 is 14.3 Å². The van der Waals surface area contributed by atoms with E-state index >= 15 is 0 Å². The van der Waals surface area contributed by atoms with Crippen molar-refractivity contribution in [1.82, 2.24) is 5.32 Å². The minimum atomic E-state index is -0.530. The van der Waals surface area contributed by atoms with Gasteiger partial charge in [0.2, 0.25) is 0 Å². The zero-order valence-corrected chi connectivity index (χ0v) is 17.3. The molecule has 0 spiro atoms. The predicted molar refractivity (Wildman–Crippen MR) is 107 cm³/mol. The van der Waals surface area contributed by atoms with Crippen LogP contribution >= 0.6 is 15.9 Å². The average Bonchev–Trinajstić information content (AvgIpc) is 2.58. The molecule has 2 aromatic rings. The van der Waals surface area contributed by atoms with Crippen molar-refractivity contribution in [1.29, 1.82) is 0 Å². The Hall–Kier alpha value is -2.01. The van der Waals surface area contributed by atoms with E-state index in [1.807, 2.05) is 76.2 Å². The molecule has 0 aliphatic carbocycles. The Morgan fingerprint density at radius 1 is 1.12 bits per heavy atom. The highest BCUT2D eigenvalue weighted by molar-refractivity contribution is 9.10. The maximum Gasteiger partial charge on any atom is 0.408 e. The van der Waals surface area contributed by atoms with Crippen molar-refractivity contribution in [2.24, 2.45) is 0 Å². The number of nitrogens with one attached hydrogen (secondary N) is 1. The van der Waals surface area contributed by atoms with Gasteiger partial charge in [0.25, 0.3) is 0 Å². The number of benzene rings is 2. The smallest absolute Gasteiger partial charge is 0.408 e. The molecule has 1 atom stereocenters. The van der Waals surface area contributed by atoms with Crippen molar-refractivity contribution in [2.45, 2.75) is 52.4 Å². The summed E-state index contributed by atoms with van der Waals surface area (Å²) in [6.45, 7) is 8.01. The SMILES string of the molecule is CCC(NC(=O)OC(C)(C)C)c1ccccc1OCc1ccccc1Br. The summed E-state index contributed by atoms with van der Waals surface area (Å²) in [7, 11) is 0. The molecule has 1 amide bonds. The van der Waals surface area contributed by atoms with Gasteiger partial charge >= 0.3 is 6.09 Å². The second kappa shape index (κ2) is 9.08. The van der Waals surface area contributed by atoms with Crippen LogP contribution in [-0.4, -0.2) is 11.7 Å². The van der Waals surface area contributed by atoms with Crippen LogP contribution in [0.5, 0.6) is 5.75 Å². The molecule has 1 N–H and O–H groups in total. The normalized spacial score (nSPS) is 12.3. The Kier molecular flexibility index (Phi) is 7.09. The molecule has 2 aromatic carbocycles. The van der Waals surface area contributed by atoms with E-state index in [4.69, 9.17) is 9.47 Å². The Morgan fingerprint density at radius 3 is 2.42 bits per heavy atom. The van der Waals surface area contributed by atoms with Crippen LogP contribution in [0.15, 0.2) is 53.0 Å². The fourth-order valence-corrected chi connectivity index (χ4v) is 2.92. The Labute approximate surface area is 164 Å². The summed E-state index contributed by atoms with van der Waals surface area (Å²) >= 11 is 3.54. The molecule has 1 unspecified atom stereocenters. The molecule has 0 saturated carbocycles. The zero-order valence-electron chi connectivity index (χ0n) is 15.7. The van der Waals surface area contributed by atoms with Crippen LogP contribution in [-0.2, 0) is 11.3 Å². The van der Waals surface area contributed by atoms with E-state index in [2.05, 4.69) is 21.2 Å². The van der Waals surface area contributed by atoms with Crippen LogP contribution in [0.2, 0.25) is 0 Å². The van der Waals surface area contributed by atoms with Crippen LogP contribution < -0.4 is 10.1 Å². The molecule has 0 aliphatic heterocycles. The van der Waals surface area contributed by atoms with Gasteiger partial charge in [-0.3, -0.25) is 0 Å². The number of amides is 1. The zero-order chi connectivity index (χ0) is 19.2. The highest BCUT2D eigenvalue weighted by Crippen LogP contribution is 2.29. The lowest BCUT2D eigenvalue weighted by atomic mass is 10.0. The molecule has 5 heteroatoms. The first-order valence-electron chi connectivity index (χ1n) is 8.75. The van der Waals surface area contributed by atoms with Crippen LogP contribution in [0.1, 0.15) is 51.3 Å². The molecule has 0 radical (unpaired) electrons. The largest absolute Gasteiger partial charge is 0.489 e. The van der Waals surface area contributed by atoms with E-state index in [-0.39, 0.29) is 6.04 Å². The maximum atomic E-state index is 12.2. The monoisotopic (exact) mass is 419 g/mol. The first kappa shape index (κ1) is 20.3. The third kappa shape index (κ3) is 6.06. The van der Waals surface area contributed by atoms with Gasteiger partial charge in [-0.2, -0.15) is 0 Å². The summed E-state index contributed by atoms with van der Waals surface area (Å²) < 4.78 is 12.4. The number of hydrogen-bond donors (Lipinski definition) is 1. The highest BCUT2D eigenvalue weighted by atomic mass is 79.9. The van der Waals surface area contributed by atoms with Gasteiger partial charge in [-0.25, -0.2) is 4.79 Å². The molecule has 0 bridgehead atoms. The number of hydrogen-bond acceptors (Lipinski definition) is 3. The van der Waals surface area contributed by atoms with E-state index in [1.54, 1.807) is 0 Å². The van der Waals surface area contributed by atoms with Gasteiger partial charge in [0, 0.05) is 15.6 Å². The van der Waals surface area contributed by atoms with Crippen molar-refractivity contribution in [3.8, 4) is 5.75 Å². The fraction of sp³-hybridized carbons (Fsp3) is 0.381. The number of carbonyl (C=O) groups excluding carboxylic acids is 1. The summed E-state index contributed by atoms with van der Waals surface area (Å²) in [5.41, 5.74) is 1.47. The molecular weight excluding hydrogens is 394 g/mol. The van der Waals surface area contributed by atoms with Crippen LogP contribution in [0.3, 0.4) is 0 Å². The van der Waals surface area contributed by atoms with E-state index in [0.29, 0.717) is 6.61 Å². The summed E-state index contributed by atoms with van der Waals surface area (Å²) in [5.74, 6) is 0.756. The van der Waals surface area contributed by atoms with E-state index in [0.717, 1.165) is 27.8 Å². The van der Waals surface area contributed by atoms with Gasteiger partial charge in [0.05, 0.1) is 6.04 Å². The van der Waals surface area contributed by atoms with Crippen LogP contribution in [0, 0.1) is 0 Å². The first-order chi connectivity index (χ1) is 12.3. The van der Waals surface area contributed by atoms with Gasteiger partial charge in [0.15, 0.2) is 0 Å². The second-order valence-electron chi connectivity index (χ2n) is 7.02. The number of ether oxygens (including phenoxy) is 2. The lowest BCUT2D eigenvalue weighted by Crippen LogP contribution is -2.34. The van der Waals surface area contributed by atoms with Crippen molar-refractivity contribution in [3.05, 3.63) is 64.1 Å². The summed E-state index contributed by atoms with van der Waals surface area (Å²) in [6.07, 6.45) is 0.305. The number of halogens is 1. The standard InChI is InChI=1S/C21H26BrNO3/c1-5-18(23-20(24)26-21(2,3)4)16-11-7-9-13-19(16)25-14-15-10-6-8-12-17(15)22/h6-13,18H,5,14H2,1-4H3,(H,23,24). The topological polar surface area (TPSA) is 47.6 Å². The molecule has 2 rings (SSSR count). The third-order valence-electron chi connectivity index (χ3n) is 3.73. The lowest BCUT2D eigenvalue weighted by molar-refractivity contribution is 0.0501. The van der Waals surface area contributed by atoms with Gasteiger partial charge in [-0.1, -0.05) is 59.3 Å². The molecular formula is C21H26BrNO3. The minimum absolute atomic E-state index is 0.180. The van der Waals surface area contributed by atoms with Gasteiger partial charge < -0.3 is 14.8 Å². The molecule has 0 aliphatic rings. The average molecular weight is 420 g/mol. The van der Waals surface area contributed by atoms with E-state index in [1.165, 1.54) is 0 Å². The van der Waals surface area contributed by atoms with Crippen molar-refractivity contribution >= 4 is 22.0 Å². The fourth-order valence-electron chi connectivity index (χ4n) is 2.52. The maximum absolute atomic E-state index is 12.2. The molecule has 26 heavy (non-hydrogen) atoms. The summed E-state index contributed by atoms with van der Waals surface area (Å²) in [6, 6.07) is 15.5. The van der Waals surface area contributed by atoms with Crippen molar-refractivity contribution in [2.75, 3.05) is 0 Å². The second-order valence-corrected chi connectivity index (χ2v) is 7.88.